The zero-order valence-electron chi connectivity index (χ0n) is 12.5. The molecular weight excluding hydrogens is 321 g/mol. The summed E-state index contributed by atoms with van der Waals surface area (Å²) in [7, 11) is -3.70. The average molecular weight is 337 g/mol. The number of rotatable bonds is 3. The lowest BCUT2D eigenvalue weighted by molar-refractivity contribution is -0.120. The van der Waals surface area contributed by atoms with Crippen molar-refractivity contribution in [3.63, 3.8) is 0 Å². The number of fused-ring (bicyclic) bond motifs is 1. The molecule has 0 radical (unpaired) electrons. The van der Waals surface area contributed by atoms with E-state index in [4.69, 9.17) is 0 Å². The zero-order chi connectivity index (χ0) is 16.6. The van der Waals surface area contributed by atoms with Crippen LogP contribution in [0.3, 0.4) is 0 Å². The predicted molar refractivity (Wildman–Crippen MR) is 82.3 cm³/mol. The van der Waals surface area contributed by atoms with Gasteiger partial charge in [-0.3, -0.25) is 9.48 Å². The molecule has 1 aliphatic heterocycles. The van der Waals surface area contributed by atoms with Gasteiger partial charge in [0.15, 0.2) is 9.84 Å². The molecule has 1 unspecified atom stereocenters. The molecule has 1 aromatic heterocycles. The average Bonchev–Trinajstić information content (AvgIpc) is 2.96. The van der Waals surface area contributed by atoms with Crippen molar-refractivity contribution >= 4 is 21.4 Å². The van der Waals surface area contributed by atoms with Crippen LogP contribution in [-0.2, 0) is 21.1 Å². The number of benzene rings is 1. The largest absolute Gasteiger partial charge is 0.324 e. The minimum Gasteiger partial charge on any atom is -0.324 e. The topological polar surface area (TPSA) is 81.1 Å². The second-order valence-electron chi connectivity index (χ2n) is 5.58. The van der Waals surface area contributed by atoms with E-state index in [0.29, 0.717) is 6.42 Å². The fraction of sp³-hybridized carbons (Fsp3) is 0.333. The summed E-state index contributed by atoms with van der Waals surface area (Å²) in [6, 6.07) is 4.94. The summed E-state index contributed by atoms with van der Waals surface area (Å²) < 4.78 is 38.4. The van der Waals surface area contributed by atoms with Crippen molar-refractivity contribution in [2.24, 2.45) is 0 Å². The second kappa shape index (κ2) is 5.77. The summed E-state index contributed by atoms with van der Waals surface area (Å²) in [6.07, 6.45) is 4.98. The number of hydrogen-bond acceptors (Lipinski definition) is 4. The van der Waals surface area contributed by atoms with Gasteiger partial charge in [0.05, 0.1) is 0 Å². The lowest BCUT2D eigenvalue weighted by Crippen LogP contribution is -2.30. The lowest BCUT2D eigenvalue weighted by atomic mass is 10.0. The molecule has 0 bridgehead atoms. The number of anilines is 1. The molecule has 0 spiro atoms. The molecule has 3 rings (SSSR count). The van der Waals surface area contributed by atoms with Gasteiger partial charge >= 0.3 is 0 Å². The summed E-state index contributed by atoms with van der Waals surface area (Å²) in [5.41, 5.74) is 1.24. The van der Waals surface area contributed by atoms with E-state index in [2.05, 4.69) is 10.4 Å². The van der Waals surface area contributed by atoms with E-state index in [1.165, 1.54) is 6.07 Å². The number of carbonyl (C=O) groups excluding carboxylic acids is 1. The van der Waals surface area contributed by atoms with Crippen LogP contribution in [0.25, 0.3) is 0 Å². The van der Waals surface area contributed by atoms with Crippen molar-refractivity contribution in [2.45, 2.75) is 30.2 Å². The van der Waals surface area contributed by atoms with Crippen LogP contribution in [0.15, 0.2) is 35.4 Å². The van der Waals surface area contributed by atoms with E-state index in [-0.39, 0.29) is 11.6 Å². The molecule has 2 heterocycles. The molecule has 1 N–H and O–H groups in total. The standard InChI is InChI=1S/C15H16FN3O3S/c1-23(21,22)14-9-10(5-6-12(14)16)18-15(20)13-4-2-3-11-7-8-17-19(11)13/h5-9,13H,2-4H2,1H3,(H,18,20). The van der Waals surface area contributed by atoms with Crippen LogP contribution in [0.5, 0.6) is 0 Å². The molecular formula is C15H16FN3O3S. The Hall–Kier alpha value is -2.22. The van der Waals surface area contributed by atoms with E-state index >= 15 is 0 Å². The molecule has 122 valence electrons. The highest BCUT2D eigenvalue weighted by molar-refractivity contribution is 7.90. The Morgan fingerprint density at radius 3 is 2.91 bits per heavy atom. The van der Waals surface area contributed by atoms with Crippen molar-refractivity contribution in [1.82, 2.24) is 9.78 Å². The number of sulfone groups is 1. The quantitative estimate of drug-likeness (QED) is 0.928. The van der Waals surface area contributed by atoms with Gasteiger partial charge in [-0.05, 0) is 43.5 Å². The van der Waals surface area contributed by atoms with E-state index in [9.17, 15) is 17.6 Å². The summed E-state index contributed by atoms with van der Waals surface area (Å²) in [4.78, 5) is 12.0. The Kier molecular flexibility index (Phi) is 3.93. The van der Waals surface area contributed by atoms with Crippen molar-refractivity contribution in [1.29, 1.82) is 0 Å². The maximum absolute atomic E-state index is 13.6. The molecule has 0 aliphatic carbocycles. The third-order valence-electron chi connectivity index (χ3n) is 3.86. The number of carbonyl (C=O) groups is 1. The maximum atomic E-state index is 13.6. The van der Waals surface area contributed by atoms with Gasteiger partial charge in [-0.2, -0.15) is 5.10 Å². The molecule has 6 nitrogen and oxygen atoms in total. The van der Waals surface area contributed by atoms with Crippen LogP contribution < -0.4 is 5.32 Å². The van der Waals surface area contributed by atoms with Gasteiger partial charge in [-0.1, -0.05) is 0 Å². The third-order valence-corrected chi connectivity index (χ3v) is 4.97. The van der Waals surface area contributed by atoms with Crippen LogP contribution in [0, 0.1) is 5.82 Å². The summed E-state index contributed by atoms with van der Waals surface area (Å²) in [5, 5.41) is 6.82. The molecule has 1 aromatic carbocycles. The molecule has 1 atom stereocenters. The highest BCUT2D eigenvalue weighted by Crippen LogP contribution is 2.26. The van der Waals surface area contributed by atoms with E-state index in [1.54, 1.807) is 10.9 Å². The minimum atomic E-state index is -3.70. The van der Waals surface area contributed by atoms with Crippen LogP contribution in [0.2, 0.25) is 0 Å². The Balaban J connectivity index is 1.85. The van der Waals surface area contributed by atoms with Crippen molar-refractivity contribution in [3.8, 4) is 0 Å². The van der Waals surface area contributed by atoms with E-state index in [1.807, 2.05) is 6.07 Å². The monoisotopic (exact) mass is 337 g/mol. The number of aryl methyl sites for hydroxylation is 1. The number of hydrogen-bond donors (Lipinski definition) is 1. The van der Waals surface area contributed by atoms with Gasteiger partial charge in [0.25, 0.3) is 0 Å². The van der Waals surface area contributed by atoms with Crippen LogP contribution in [0.1, 0.15) is 24.6 Å². The summed E-state index contributed by atoms with van der Waals surface area (Å²) in [5.74, 6) is -1.13. The SMILES string of the molecule is CS(=O)(=O)c1cc(NC(=O)C2CCCc3ccnn32)ccc1F. The first-order valence-corrected chi connectivity index (χ1v) is 9.08. The number of nitrogens with zero attached hydrogens (tertiary/aromatic N) is 2. The molecule has 8 heteroatoms. The van der Waals surface area contributed by atoms with Gasteiger partial charge in [-0.15, -0.1) is 0 Å². The summed E-state index contributed by atoms with van der Waals surface area (Å²) >= 11 is 0. The first kappa shape index (κ1) is 15.7. The van der Waals surface area contributed by atoms with E-state index < -0.39 is 26.6 Å². The fourth-order valence-corrected chi connectivity index (χ4v) is 3.52. The van der Waals surface area contributed by atoms with Crippen LogP contribution in [-0.4, -0.2) is 30.4 Å². The molecule has 23 heavy (non-hydrogen) atoms. The summed E-state index contributed by atoms with van der Waals surface area (Å²) in [6.45, 7) is 0. The smallest absolute Gasteiger partial charge is 0.249 e. The molecule has 1 aliphatic rings. The van der Waals surface area contributed by atoms with Crippen molar-refractivity contribution in [3.05, 3.63) is 42.0 Å². The number of nitrogens with one attached hydrogen (secondary N) is 1. The molecule has 2 aromatic rings. The van der Waals surface area contributed by atoms with Gasteiger partial charge in [0.2, 0.25) is 5.91 Å². The normalized spacial score (nSPS) is 17.6. The Morgan fingerprint density at radius 1 is 1.39 bits per heavy atom. The van der Waals surface area contributed by atoms with Crippen molar-refractivity contribution < 1.29 is 17.6 Å². The second-order valence-corrected chi connectivity index (χ2v) is 7.57. The van der Waals surface area contributed by atoms with E-state index in [0.717, 1.165) is 36.9 Å². The highest BCUT2D eigenvalue weighted by atomic mass is 32.2. The number of halogens is 1. The maximum Gasteiger partial charge on any atom is 0.249 e. The molecule has 0 saturated carbocycles. The number of aromatic nitrogens is 2. The lowest BCUT2D eigenvalue weighted by Gasteiger charge is -2.23. The zero-order valence-corrected chi connectivity index (χ0v) is 13.3. The molecule has 0 saturated heterocycles. The van der Waals surface area contributed by atoms with Crippen LogP contribution >= 0.6 is 0 Å². The van der Waals surface area contributed by atoms with Crippen molar-refractivity contribution in [2.75, 3.05) is 11.6 Å². The first-order chi connectivity index (χ1) is 10.9. The van der Waals surface area contributed by atoms with Gasteiger partial charge in [-0.25, -0.2) is 12.8 Å². The van der Waals surface area contributed by atoms with Crippen LogP contribution in [0.4, 0.5) is 10.1 Å². The fourth-order valence-electron chi connectivity index (χ4n) is 2.75. The Bertz CT molecular complexity index is 861. The van der Waals surface area contributed by atoms with Gasteiger partial charge in [0.1, 0.15) is 16.8 Å². The first-order valence-electron chi connectivity index (χ1n) is 7.19. The number of amides is 1. The molecule has 0 fully saturated rings. The Morgan fingerprint density at radius 2 is 2.17 bits per heavy atom. The molecule has 1 amide bonds. The van der Waals surface area contributed by atoms with Gasteiger partial charge in [0, 0.05) is 23.8 Å². The third kappa shape index (κ3) is 3.12. The predicted octanol–water partition coefficient (Wildman–Crippen LogP) is 1.94. The minimum absolute atomic E-state index is 0.246. The highest BCUT2D eigenvalue weighted by Gasteiger charge is 2.27. The Labute approximate surface area is 133 Å². The van der Waals surface area contributed by atoms with Gasteiger partial charge < -0.3 is 5.32 Å².